The number of morpholine rings is 1. The van der Waals surface area contributed by atoms with E-state index >= 15 is 0 Å². The van der Waals surface area contributed by atoms with E-state index < -0.39 is 6.04 Å². The lowest BCUT2D eigenvalue weighted by Crippen LogP contribution is -2.50. The Morgan fingerprint density at radius 1 is 1.15 bits per heavy atom. The molecule has 1 fully saturated rings. The van der Waals surface area contributed by atoms with Crippen LogP contribution in [0.15, 0.2) is 42.5 Å². The van der Waals surface area contributed by atoms with Gasteiger partial charge in [0.05, 0.1) is 25.9 Å². The van der Waals surface area contributed by atoms with Crippen LogP contribution >= 0.6 is 0 Å². The van der Waals surface area contributed by atoms with Crippen LogP contribution in [0.5, 0.6) is 11.5 Å². The zero-order valence-corrected chi connectivity index (χ0v) is 19.4. The fourth-order valence-corrected chi connectivity index (χ4v) is 3.43. The molecule has 1 aliphatic rings. The molecule has 0 saturated carbocycles. The number of ether oxygens (including phenoxy) is 3. The maximum Gasteiger partial charge on any atom is 0.261 e. The number of nitrogens with two attached hydrogens (primary N) is 1. The first-order valence-corrected chi connectivity index (χ1v) is 11.1. The Kier molecular flexibility index (Phi) is 8.51. The van der Waals surface area contributed by atoms with Crippen molar-refractivity contribution >= 4 is 17.4 Å². The molecule has 0 aliphatic carbocycles. The molecule has 1 amide bonds. The molecule has 0 aromatic heterocycles. The number of carbonyl (C=O) groups is 1. The summed E-state index contributed by atoms with van der Waals surface area (Å²) in [4.78, 5) is 13.3. The number of nitrogens with one attached hydrogen (secondary N) is 3. The Labute approximate surface area is 194 Å². The summed E-state index contributed by atoms with van der Waals surface area (Å²) >= 11 is 0. The molecule has 0 radical (unpaired) electrons. The van der Waals surface area contributed by atoms with E-state index in [0.717, 1.165) is 11.3 Å². The summed E-state index contributed by atoms with van der Waals surface area (Å²) in [5.74, 6) is 1.01. The van der Waals surface area contributed by atoms with Crippen LogP contribution in [0.2, 0.25) is 0 Å². The lowest BCUT2D eigenvalue weighted by Gasteiger charge is -2.29. The van der Waals surface area contributed by atoms with E-state index in [1.54, 1.807) is 24.3 Å². The first-order chi connectivity index (χ1) is 15.9. The Morgan fingerprint density at radius 2 is 1.85 bits per heavy atom. The summed E-state index contributed by atoms with van der Waals surface area (Å²) in [6.45, 7) is 8.67. The summed E-state index contributed by atoms with van der Waals surface area (Å²) < 4.78 is 17.0. The number of hydrogen-bond donors (Lipinski definition) is 4. The Hall–Kier alpha value is -3.30. The molecule has 1 aliphatic heterocycles. The Morgan fingerprint density at radius 3 is 2.45 bits per heavy atom. The van der Waals surface area contributed by atoms with E-state index in [-0.39, 0.29) is 17.8 Å². The third kappa shape index (κ3) is 6.84. The van der Waals surface area contributed by atoms with Gasteiger partial charge in [0.25, 0.3) is 5.91 Å². The summed E-state index contributed by atoms with van der Waals surface area (Å²) in [6, 6.07) is 11.9. The average molecular weight is 456 g/mol. The van der Waals surface area contributed by atoms with E-state index in [0.29, 0.717) is 50.0 Å². The monoisotopic (exact) mass is 455 g/mol. The number of benzene rings is 2. The van der Waals surface area contributed by atoms with Crippen LogP contribution in [0.1, 0.15) is 37.9 Å². The van der Waals surface area contributed by atoms with Crippen molar-refractivity contribution in [2.45, 2.75) is 32.9 Å². The molecule has 5 N–H and O–H groups in total. The van der Waals surface area contributed by atoms with Crippen LogP contribution in [-0.4, -0.2) is 55.8 Å². The fraction of sp³-hybridized carbons (Fsp3) is 0.417. The van der Waals surface area contributed by atoms with Crippen molar-refractivity contribution in [2.75, 3.05) is 38.2 Å². The van der Waals surface area contributed by atoms with Gasteiger partial charge in [-0.1, -0.05) is 6.07 Å². The molecule has 1 saturated heterocycles. The predicted octanol–water partition coefficient (Wildman–Crippen LogP) is 2.67. The van der Waals surface area contributed by atoms with Gasteiger partial charge in [-0.25, -0.2) is 5.01 Å². The van der Waals surface area contributed by atoms with Gasteiger partial charge in [-0.3, -0.25) is 15.6 Å². The van der Waals surface area contributed by atoms with E-state index in [2.05, 4.69) is 10.7 Å². The molecule has 1 unspecified atom stereocenters. The SMILES string of the molecule is CCOc1cc(C(Nc2ccc(C(=N)N)cc2)C(=O)NN2CCOCC2)ccc1OC(C)C. The molecule has 178 valence electrons. The lowest BCUT2D eigenvalue weighted by atomic mass is 10.0. The molecule has 2 aromatic rings. The molecule has 0 bridgehead atoms. The number of carbonyl (C=O) groups excluding carboxylic acids is 1. The van der Waals surface area contributed by atoms with Crippen LogP contribution in [0.3, 0.4) is 0 Å². The van der Waals surface area contributed by atoms with Crippen molar-refractivity contribution < 1.29 is 19.0 Å². The molecular formula is C24H33N5O4. The Bertz CT molecular complexity index is 942. The zero-order chi connectivity index (χ0) is 23.8. The second-order valence-electron chi connectivity index (χ2n) is 7.95. The number of hydrazine groups is 1. The van der Waals surface area contributed by atoms with Gasteiger partial charge < -0.3 is 25.3 Å². The molecular weight excluding hydrogens is 422 g/mol. The summed E-state index contributed by atoms with van der Waals surface area (Å²) in [5, 5.41) is 12.7. The highest BCUT2D eigenvalue weighted by molar-refractivity contribution is 5.95. The highest BCUT2D eigenvalue weighted by Gasteiger charge is 2.25. The molecule has 3 rings (SSSR count). The predicted molar refractivity (Wildman–Crippen MR) is 128 cm³/mol. The normalized spacial score (nSPS) is 15.0. The van der Waals surface area contributed by atoms with Crippen molar-refractivity contribution in [1.82, 2.24) is 10.4 Å². The highest BCUT2D eigenvalue weighted by atomic mass is 16.5. The van der Waals surface area contributed by atoms with Crippen molar-refractivity contribution in [2.24, 2.45) is 5.73 Å². The minimum absolute atomic E-state index is 0.00612. The first kappa shape index (κ1) is 24.3. The maximum atomic E-state index is 13.3. The number of anilines is 1. The van der Waals surface area contributed by atoms with Crippen LogP contribution in [0.25, 0.3) is 0 Å². The van der Waals surface area contributed by atoms with Crippen LogP contribution in [0.4, 0.5) is 5.69 Å². The van der Waals surface area contributed by atoms with Gasteiger partial charge in [0, 0.05) is 24.3 Å². The zero-order valence-electron chi connectivity index (χ0n) is 19.4. The molecule has 9 nitrogen and oxygen atoms in total. The largest absolute Gasteiger partial charge is 0.490 e. The minimum Gasteiger partial charge on any atom is -0.490 e. The van der Waals surface area contributed by atoms with Crippen LogP contribution < -0.4 is 25.9 Å². The maximum absolute atomic E-state index is 13.3. The molecule has 0 spiro atoms. The average Bonchev–Trinajstić information content (AvgIpc) is 2.79. The van der Waals surface area contributed by atoms with Crippen LogP contribution in [0, 0.1) is 5.41 Å². The topological polar surface area (TPSA) is 122 Å². The van der Waals surface area contributed by atoms with E-state index in [9.17, 15) is 4.79 Å². The summed E-state index contributed by atoms with van der Waals surface area (Å²) in [5.41, 5.74) is 10.6. The summed E-state index contributed by atoms with van der Waals surface area (Å²) in [7, 11) is 0. The van der Waals surface area contributed by atoms with Crippen molar-refractivity contribution in [3.63, 3.8) is 0 Å². The second-order valence-corrected chi connectivity index (χ2v) is 7.95. The quantitative estimate of drug-likeness (QED) is 0.321. The van der Waals surface area contributed by atoms with E-state index in [4.69, 9.17) is 25.4 Å². The smallest absolute Gasteiger partial charge is 0.261 e. The number of hydrogen-bond acceptors (Lipinski definition) is 7. The number of amides is 1. The van der Waals surface area contributed by atoms with Crippen molar-refractivity contribution in [3.05, 3.63) is 53.6 Å². The third-order valence-corrected chi connectivity index (χ3v) is 5.01. The first-order valence-electron chi connectivity index (χ1n) is 11.1. The second kappa shape index (κ2) is 11.5. The molecule has 1 atom stereocenters. The standard InChI is InChI=1S/C24H33N5O4/c1-4-32-21-15-18(7-10-20(21)33-16(2)3)22(24(30)28-29-11-13-31-14-12-29)27-19-8-5-17(6-9-19)23(25)26/h5-10,15-16,22,27H,4,11-14H2,1-3H3,(H3,25,26)(H,28,30). The number of rotatable bonds is 10. The van der Waals surface area contributed by atoms with Gasteiger partial charge >= 0.3 is 0 Å². The minimum atomic E-state index is -0.691. The van der Waals surface area contributed by atoms with Gasteiger partial charge in [0.15, 0.2) is 11.5 Å². The van der Waals surface area contributed by atoms with Crippen LogP contribution in [-0.2, 0) is 9.53 Å². The van der Waals surface area contributed by atoms with Gasteiger partial charge in [-0.15, -0.1) is 0 Å². The van der Waals surface area contributed by atoms with Gasteiger partial charge in [0.1, 0.15) is 11.9 Å². The fourth-order valence-electron chi connectivity index (χ4n) is 3.43. The highest BCUT2D eigenvalue weighted by Crippen LogP contribution is 2.33. The van der Waals surface area contributed by atoms with Gasteiger partial charge in [-0.05, 0) is 62.7 Å². The van der Waals surface area contributed by atoms with Gasteiger partial charge in [-0.2, -0.15) is 0 Å². The lowest BCUT2D eigenvalue weighted by molar-refractivity contribution is -0.128. The van der Waals surface area contributed by atoms with Crippen molar-refractivity contribution in [3.8, 4) is 11.5 Å². The molecule has 1 heterocycles. The number of nitrogen functional groups attached to an aromatic ring is 1. The third-order valence-electron chi connectivity index (χ3n) is 5.01. The molecule has 9 heteroatoms. The summed E-state index contributed by atoms with van der Waals surface area (Å²) in [6.07, 6.45) is -0.00612. The van der Waals surface area contributed by atoms with Crippen molar-refractivity contribution in [1.29, 1.82) is 5.41 Å². The van der Waals surface area contributed by atoms with E-state index in [1.807, 2.05) is 44.0 Å². The van der Waals surface area contributed by atoms with E-state index in [1.165, 1.54) is 0 Å². The Balaban J connectivity index is 1.90. The number of nitrogens with zero attached hydrogens (tertiary/aromatic N) is 1. The molecule has 2 aromatic carbocycles. The van der Waals surface area contributed by atoms with Gasteiger partial charge in [0.2, 0.25) is 0 Å². The number of amidine groups is 1. The molecule has 33 heavy (non-hydrogen) atoms.